The van der Waals surface area contributed by atoms with E-state index >= 15 is 0 Å². The number of methoxy groups -OCH3 is 3. The summed E-state index contributed by atoms with van der Waals surface area (Å²) in [6.45, 7) is 1.80. The van der Waals surface area contributed by atoms with Crippen LogP contribution in [0.5, 0.6) is 17.2 Å². The average molecular weight is 447 g/mol. The molecule has 31 heavy (non-hydrogen) atoms. The van der Waals surface area contributed by atoms with Crippen LogP contribution in [0.15, 0.2) is 30.3 Å². The van der Waals surface area contributed by atoms with Crippen molar-refractivity contribution in [3.63, 3.8) is 0 Å². The molecule has 162 valence electrons. The van der Waals surface area contributed by atoms with Gasteiger partial charge in [0.1, 0.15) is 11.4 Å². The zero-order valence-electron chi connectivity index (χ0n) is 17.0. The molecule has 1 amide bonds. The molecule has 0 atom stereocenters. The molecule has 11 heteroatoms. The number of nitro benzene ring substituents is 1. The highest BCUT2D eigenvalue weighted by atomic mass is 32.1. The lowest BCUT2D eigenvalue weighted by atomic mass is 10.1. The number of aryl methyl sites for hydroxylation is 1. The monoisotopic (exact) mass is 447 g/mol. The standard InChI is InChI=1S/C20H18FN3O6S/c1-10-15(11-5-7-12(21)8-6-11)22-20(31-10)23-19(25)13-9-14(28-2)17(29-3)18(30-4)16(13)24(26)27/h5-9H,1-4H3,(H,22,23,25). The highest BCUT2D eigenvalue weighted by Crippen LogP contribution is 2.46. The Hall–Kier alpha value is -3.73. The molecule has 0 aliphatic rings. The van der Waals surface area contributed by atoms with Gasteiger partial charge in [0.05, 0.1) is 31.9 Å². The lowest BCUT2D eigenvalue weighted by molar-refractivity contribution is -0.386. The minimum absolute atomic E-state index is 0.00283. The molecule has 0 aliphatic heterocycles. The Morgan fingerprint density at radius 1 is 1.13 bits per heavy atom. The maximum Gasteiger partial charge on any atom is 0.327 e. The van der Waals surface area contributed by atoms with E-state index in [1.807, 2.05) is 0 Å². The summed E-state index contributed by atoms with van der Waals surface area (Å²) in [7, 11) is 3.87. The fourth-order valence-corrected chi connectivity index (χ4v) is 3.82. The number of nitrogens with zero attached hydrogens (tertiary/aromatic N) is 2. The summed E-state index contributed by atoms with van der Waals surface area (Å²) in [6, 6.07) is 6.98. The number of hydrogen-bond acceptors (Lipinski definition) is 8. The van der Waals surface area contributed by atoms with Crippen molar-refractivity contribution < 1.29 is 28.3 Å². The Kier molecular flexibility index (Phi) is 6.35. The molecule has 1 N–H and O–H groups in total. The highest BCUT2D eigenvalue weighted by molar-refractivity contribution is 7.16. The van der Waals surface area contributed by atoms with Crippen LogP contribution in [0.1, 0.15) is 15.2 Å². The molecule has 0 saturated carbocycles. The molecule has 9 nitrogen and oxygen atoms in total. The van der Waals surface area contributed by atoms with Gasteiger partial charge in [0.25, 0.3) is 5.91 Å². The molecule has 0 aliphatic carbocycles. The van der Waals surface area contributed by atoms with Crippen LogP contribution in [-0.4, -0.2) is 37.1 Å². The summed E-state index contributed by atoms with van der Waals surface area (Å²) in [4.78, 5) is 29.1. The van der Waals surface area contributed by atoms with Gasteiger partial charge in [-0.2, -0.15) is 0 Å². The fourth-order valence-electron chi connectivity index (χ4n) is 2.99. The number of hydrogen-bond donors (Lipinski definition) is 1. The molecule has 0 saturated heterocycles. The van der Waals surface area contributed by atoms with Crippen molar-refractivity contribution in [2.75, 3.05) is 26.6 Å². The maximum absolute atomic E-state index is 13.2. The minimum atomic E-state index is -0.773. The number of aromatic nitrogens is 1. The summed E-state index contributed by atoms with van der Waals surface area (Å²) >= 11 is 1.18. The lowest BCUT2D eigenvalue weighted by Gasteiger charge is -2.14. The van der Waals surface area contributed by atoms with Crippen molar-refractivity contribution in [2.24, 2.45) is 0 Å². The van der Waals surface area contributed by atoms with Gasteiger partial charge in [-0.3, -0.25) is 20.2 Å². The number of carbonyl (C=O) groups is 1. The van der Waals surface area contributed by atoms with Crippen LogP contribution in [0, 0.1) is 22.9 Å². The molecule has 3 aromatic rings. The van der Waals surface area contributed by atoms with Gasteiger partial charge in [0.2, 0.25) is 11.5 Å². The number of nitrogens with one attached hydrogen (secondary N) is 1. The molecule has 3 rings (SSSR count). The summed E-state index contributed by atoms with van der Waals surface area (Å²) in [5.41, 5.74) is 0.398. The molecule has 1 heterocycles. The van der Waals surface area contributed by atoms with Gasteiger partial charge in [-0.1, -0.05) is 0 Å². The number of halogens is 1. The predicted octanol–water partition coefficient (Wildman–Crippen LogP) is 4.44. The van der Waals surface area contributed by atoms with E-state index in [9.17, 15) is 19.3 Å². The van der Waals surface area contributed by atoms with E-state index in [-0.39, 0.29) is 33.8 Å². The SMILES string of the molecule is COc1cc(C(=O)Nc2nc(-c3ccc(F)cc3)c(C)s2)c([N+](=O)[O-])c(OC)c1OC. The van der Waals surface area contributed by atoms with Gasteiger partial charge < -0.3 is 14.2 Å². The normalized spacial score (nSPS) is 10.5. The largest absolute Gasteiger partial charge is 0.493 e. The van der Waals surface area contributed by atoms with Crippen molar-refractivity contribution >= 4 is 28.1 Å². The fraction of sp³-hybridized carbons (Fsp3) is 0.200. The van der Waals surface area contributed by atoms with Crippen molar-refractivity contribution in [1.82, 2.24) is 4.98 Å². The van der Waals surface area contributed by atoms with Crippen LogP contribution in [0.3, 0.4) is 0 Å². The van der Waals surface area contributed by atoms with Gasteiger partial charge >= 0.3 is 5.69 Å². The van der Waals surface area contributed by atoms with Crippen LogP contribution in [-0.2, 0) is 0 Å². The molecule has 2 aromatic carbocycles. The van der Waals surface area contributed by atoms with Crippen LogP contribution >= 0.6 is 11.3 Å². The number of anilines is 1. The number of carbonyl (C=O) groups excluding carboxylic acids is 1. The van der Waals surface area contributed by atoms with Crippen LogP contribution < -0.4 is 19.5 Å². The number of ether oxygens (including phenoxy) is 3. The van der Waals surface area contributed by atoms with Gasteiger partial charge in [0.15, 0.2) is 10.9 Å². The zero-order valence-corrected chi connectivity index (χ0v) is 17.8. The second-order valence-corrected chi connectivity index (χ2v) is 7.39. The van der Waals surface area contributed by atoms with E-state index in [1.54, 1.807) is 19.1 Å². The summed E-state index contributed by atoms with van der Waals surface area (Å²) in [6.07, 6.45) is 0. The van der Waals surface area contributed by atoms with Crippen molar-refractivity contribution in [3.8, 4) is 28.5 Å². The van der Waals surface area contributed by atoms with E-state index in [2.05, 4.69) is 10.3 Å². The van der Waals surface area contributed by atoms with E-state index in [0.717, 1.165) is 4.88 Å². The Morgan fingerprint density at radius 2 is 1.77 bits per heavy atom. The topological polar surface area (TPSA) is 113 Å². The molecule has 1 aromatic heterocycles. The quantitative estimate of drug-likeness (QED) is 0.421. The van der Waals surface area contributed by atoms with Gasteiger partial charge in [0, 0.05) is 16.5 Å². The smallest absolute Gasteiger partial charge is 0.327 e. The predicted molar refractivity (Wildman–Crippen MR) is 113 cm³/mol. The third-order valence-electron chi connectivity index (χ3n) is 4.37. The van der Waals surface area contributed by atoms with Gasteiger partial charge in [-0.15, -0.1) is 11.3 Å². The van der Waals surface area contributed by atoms with Crippen molar-refractivity contribution in [1.29, 1.82) is 0 Å². The first-order valence-corrected chi connectivity index (χ1v) is 9.64. The maximum atomic E-state index is 13.2. The first-order chi connectivity index (χ1) is 14.8. The van der Waals surface area contributed by atoms with Gasteiger partial charge in [-0.25, -0.2) is 9.37 Å². The van der Waals surface area contributed by atoms with E-state index in [0.29, 0.717) is 11.3 Å². The highest BCUT2D eigenvalue weighted by Gasteiger charge is 2.32. The Balaban J connectivity index is 2.01. The number of amides is 1. The van der Waals surface area contributed by atoms with E-state index in [1.165, 1.54) is 50.9 Å². The van der Waals surface area contributed by atoms with E-state index < -0.39 is 16.5 Å². The van der Waals surface area contributed by atoms with Crippen LogP contribution in [0.4, 0.5) is 15.2 Å². The molecule has 0 spiro atoms. The lowest BCUT2D eigenvalue weighted by Crippen LogP contribution is -2.15. The summed E-state index contributed by atoms with van der Waals surface area (Å²) < 4.78 is 28.7. The molecule has 0 radical (unpaired) electrons. The summed E-state index contributed by atoms with van der Waals surface area (Å²) in [5.74, 6) is -1.29. The zero-order chi connectivity index (χ0) is 22.7. The molecular formula is C20H18FN3O6S. The second-order valence-electron chi connectivity index (χ2n) is 6.18. The minimum Gasteiger partial charge on any atom is -0.493 e. The molecule has 0 unspecified atom stereocenters. The first kappa shape index (κ1) is 22.0. The average Bonchev–Trinajstić information content (AvgIpc) is 3.11. The third kappa shape index (κ3) is 4.26. The van der Waals surface area contributed by atoms with Gasteiger partial charge in [-0.05, 0) is 31.2 Å². The Labute approximate surface area is 180 Å². The Bertz CT molecular complexity index is 1150. The molecular weight excluding hydrogens is 429 g/mol. The Morgan fingerprint density at radius 3 is 2.32 bits per heavy atom. The van der Waals surface area contributed by atoms with Crippen molar-refractivity contribution in [3.05, 3.63) is 56.7 Å². The first-order valence-electron chi connectivity index (χ1n) is 8.82. The number of nitro groups is 1. The number of benzene rings is 2. The molecule has 0 bridgehead atoms. The van der Waals surface area contributed by atoms with E-state index in [4.69, 9.17) is 14.2 Å². The number of thiazole rings is 1. The summed E-state index contributed by atoms with van der Waals surface area (Å²) in [5, 5.41) is 14.5. The van der Waals surface area contributed by atoms with Crippen LogP contribution in [0.25, 0.3) is 11.3 Å². The molecule has 0 fully saturated rings. The van der Waals surface area contributed by atoms with Crippen LogP contribution in [0.2, 0.25) is 0 Å². The third-order valence-corrected chi connectivity index (χ3v) is 5.25. The number of rotatable bonds is 7. The van der Waals surface area contributed by atoms with Crippen molar-refractivity contribution in [2.45, 2.75) is 6.92 Å². The second kappa shape index (κ2) is 8.96.